The summed E-state index contributed by atoms with van der Waals surface area (Å²) in [7, 11) is 0. The van der Waals surface area contributed by atoms with Crippen LogP contribution in [0.15, 0.2) is 6.20 Å². The zero-order valence-corrected chi connectivity index (χ0v) is 17.1. The Bertz CT molecular complexity index is 759. The van der Waals surface area contributed by atoms with Gasteiger partial charge in [0.2, 0.25) is 5.91 Å². The van der Waals surface area contributed by atoms with Crippen molar-refractivity contribution in [3.05, 3.63) is 11.9 Å². The SMILES string of the molecule is O=C(c1cn(CC2CC(F)(F)CN2C(=O)CCC2CCCC2)nn1)N1CCOCC1. The first-order valence-corrected chi connectivity index (χ1v) is 10.9. The van der Waals surface area contributed by atoms with Gasteiger partial charge in [0.25, 0.3) is 11.8 Å². The van der Waals surface area contributed by atoms with Gasteiger partial charge in [-0.05, 0) is 12.3 Å². The molecule has 0 radical (unpaired) electrons. The lowest BCUT2D eigenvalue weighted by molar-refractivity contribution is -0.133. The second kappa shape index (κ2) is 8.95. The fourth-order valence-corrected chi connectivity index (χ4v) is 4.75. The summed E-state index contributed by atoms with van der Waals surface area (Å²) in [6.07, 6.45) is 6.83. The zero-order valence-electron chi connectivity index (χ0n) is 17.1. The molecule has 2 aliphatic heterocycles. The molecule has 1 unspecified atom stereocenters. The maximum absolute atomic E-state index is 14.1. The van der Waals surface area contributed by atoms with Crippen LogP contribution in [-0.4, -0.2) is 81.4 Å². The first-order valence-electron chi connectivity index (χ1n) is 10.9. The number of aromatic nitrogens is 3. The summed E-state index contributed by atoms with van der Waals surface area (Å²) in [6, 6.07) is -0.649. The van der Waals surface area contributed by atoms with E-state index in [4.69, 9.17) is 4.74 Å². The van der Waals surface area contributed by atoms with Crippen molar-refractivity contribution in [3.63, 3.8) is 0 Å². The number of halogens is 2. The van der Waals surface area contributed by atoms with Crippen molar-refractivity contribution in [1.82, 2.24) is 24.8 Å². The molecule has 3 fully saturated rings. The van der Waals surface area contributed by atoms with Gasteiger partial charge in [0.1, 0.15) is 0 Å². The van der Waals surface area contributed by atoms with Crippen molar-refractivity contribution in [2.45, 2.75) is 63.5 Å². The minimum atomic E-state index is -2.90. The molecule has 1 aliphatic carbocycles. The molecule has 1 aromatic rings. The molecule has 0 bridgehead atoms. The van der Waals surface area contributed by atoms with E-state index in [0.717, 1.165) is 19.3 Å². The van der Waals surface area contributed by atoms with E-state index in [0.29, 0.717) is 38.6 Å². The molecule has 10 heteroatoms. The van der Waals surface area contributed by atoms with Crippen LogP contribution >= 0.6 is 0 Å². The van der Waals surface area contributed by atoms with Gasteiger partial charge in [-0.25, -0.2) is 13.5 Å². The Labute approximate surface area is 174 Å². The summed E-state index contributed by atoms with van der Waals surface area (Å²) in [6.45, 7) is 1.50. The van der Waals surface area contributed by atoms with Gasteiger partial charge in [-0.2, -0.15) is 0 Å². The quantitative estimate of drug-likeness (QED) is 0.696. The Morgan fingerprint density at radius 1 is 1.20 bits per heavy atom. The summed E-state index contributed by atoms with van der Waals surface area (Å²) >= 11 is 0. The van der Waals surface area contributed by atoms with E-state index in [1.54, 1.807) is 4.90 Å². The molecule has 1 saturated carbocycles. The van der Waals surface area contributed by atoms with Crippen LogP contribution in [0.25, 0.3) is 0 Å². The van der Waals surface area contributed by atoms with E-state index < -0.39 is 24.9 Å². The number of rotatable bonds is 6. The maximum Gasteiger partial charge on any atom is 0.276 e. The summed E-state index contributed by atoms with van der Waals surface area (Å²) in [4.78, 5) is 28.1. The molecule has 0 N–H and O–H groups in total. The van der Waals surface area contributed by atoms with Gasteiger partial charge >= 0.3 is 0 Å². The summed E-state index contributed by atoms with van der Waals surface area (Å²) in [5.74, 6) is -2.82. The number of carbonyl (C=O) groups is 2. The van der Waals surface area contributed by atoms with Crippen molar-refractivity contribution in [3.8, 4) is 0 Å². The maximum atomic E-state index is 14.1. The highest BCUT2D eigenvalue weighted by molar-refractivity contribution is 5.92. The molecule has 0 spiro atoms. The number of alkyl halides is 2. The Morgan fingerprint density at radius 3 is 2.67 bits per heavy atom. The predicted octanol–water partition coefficient (Wildman–Crippen LogP) is 1.96. The van der Waals surface area contributed by atoms with Gasteiger partial charge in [-0.3, -0.25) is 9.59 Å². The lowest BCUT2D eigenvalue weighted by Gasteiger charge is -2.25. The highest BCUT2D eigenvalue weighted by Gasteiger charge is 2.47. The fraction of sp³-hybridized carbons (Fsp3) is 0.800. The van der Waals surface area contributed by atoms with Crippen LogP contribution in [0, 0.1) is 5.92 Å². The Balaban J connectivity index is 1.37. The standard InChI is InChI=1S/C20H29F2N5O3/c21-20(22)11-16(27(14-20)18(28)6-5-15-3-1-2-4-15)12-26-13-17(23-24-26)19(29)25-7-9-30-10-8-25/h13,15-16H,1-12,14H2. The van der Waals surface area contributed by atoms with Crippen LogP contribution in [0.5, 0.6) is 0 Å². The number of hydrogen-bond acceptors (Lipinski definition) is 5. The molecule has 2 amide bonds. The molecule has 2 saturated heterocycles. The Morgan fingerprint density at radius 2 is 1.93 bits per heavy atom. The molecule has 1 atom stereocenters. The largest absolute Gasteiger partial charge is 0.378 e. The van der Waals surface area contributed by atoms with Crippen LogP contribution in [0.2, 0.25) is 0 Å². The number of amides is 2. The lowest BCUT2D eigenvalue weighted by atomic mass is 10.0. The topological polar surface area (TPSA) is 80.6 Å². The van der Waals surface area contributed by atoms with Gasteiger partial charge in [-0.15, -0.1) is 5.10 Å². The molecule has 166 valence electrons. The van der Waals surface area contributed by atoms with E-state index in [1.807, 2.05) is 0 Å². The second-order valence-electron chi connectivity index (χ2n) is 8.66. The van der Waals surface area contributed by atoms with E-state index in [1.165, 1.54) is 28.6 Å². The first kappa shape index (κ1) is 21.1. The molecular weight excluding hydrogens is 396 g/mol. The van der Waals surface area contributed by atoms with Crippen LogP contribution in [0.3, 0.4) is 0 Å². The number of nitrogens with zero attached hydrogens (tertiary/aromatic N) is 5. The average Bonchev–Trinajstić information content (AvgIpc) is 3.47. The van der Waals surface area contributed by atoms with Gasteiger partial charge in [0, 0.05) is 25.9 Å². The van der Waals surface area contributed by atoms with Gasteiger partial charge in [-0.1, -0.05) is 30.9 Å². The average molecular weight is 425 g/mol. The second-order valence-corrected chi connectivity index (χ2v) is 8.66. The molecule has 3 heterocycles. The molecule has 30 heavy (non-hydrogen) atoms. The van der Waals surface area contributed by atoms with Crippen molar-refractivity contribution < 1.29 is 23.1 Å². The summed E-state index contributed by atoms with van der Waals surface area (Å²) in [5, 5.41) is 7.87. The molecule has 8 nitrogen and oxygen atoms in total. The van der Waals surface area contributed by atoms with Gasteiger partial charge in [0.05, 0.1) is 38.5 Å². The van der Waals surface area contributed by atoms with Gasteiger partial charge in [0.15, 0.2) is 5.69 Å². The lowest BCUT2D eigenvalue weighted by Crippen LogP contribution is -2.40. The normalized spacial score (nSPS) is 24.5. The van der Waals surface area contributed by atoms with Crippen LogP contribution < -0.4 is 0 Å². The molecule has 1 aromatic heterocycles. The van der Waals surface area contributed by atoms with E-state index in [2.05, 4.69) is 10.3 Å². The van der Waals surface area contributed by atoms with E-state index in [-0.39, 0.29) is 24.1 Å². The number of hydrogen-bond donors (Lipinski definition) is 0. The number of likely N-dealkylation sites (tertiary alicyclic amines) is 1. The highest BCUT2D eigenvalue weighted by Crippen LogP contribution is 2.34. The Kier molecular flexibility index (Phi) is 6.31. The van der Waals surface area contributed by atoms with Crippen LogP contribution in [0.4, 0.5) is 8.78 Å². The fourth-order valence-electron chi connectivity index (χ4n) is 4.75. The minimum Gasteiger partial charge on any atom is -0.378 e. The minimum absolute atomic E-state index is 0.105. The van der Waals surface area contributed by atoms with E-state index >= 15 is 0 Å². The van der Waals surface area contributed by atoms with Crippen LogP contribution in [-0.2, 0) is 16.1 Å². The number of carbonyl (C=O) groups excluding carboxylic acids is 2. The Hall–Kier alpha value is -2.10. The van der Waals surface area contributed by atoms with Crippen molar-refractivity contribution in [2.75, 3.05) is 32.8 Å². The third kappa shape index (κ3) is 4.96. The third-order valence-corrected chi connectivity index (χ3v) is 6.39. The van der Waals surface area contributed by atoms with E-state index in [9.17, 15) is 18.4 Å². The van der Waals surface area contributed by atoms with Gasteiger partial charge < -0.3 is 14.5 Å². The van der Waals surface area contributed by atoms with Crippen molar-refractivity contribution in [1.29, 1.82) is 0 Å². The predicted molar refractivity (Wildman–Crippen MR) is 103 cm³/mol. The number of morpholine rings is 1. The van der Waals surface area contributed by atoms with Crippen LogP contribution in [0.1, 0.15) is 55.4 Å². The first-order chi connectivity index (χ1) is 14.4. The smallest absolute Gasteiger partial charge is 0.276 e. The molecule has 4 rings (SSSR count). The molecule has 0 aromatic carbocycles. The highest BCUT2D eigenvalue weighted by atomic mass is 19.3. The third-order valence-electron chi connectivity index (χ3n) is 6.39. The molecular formula is C20H29F2N5O3. The van der Waals surface area contributed by atoms with Crippen molar-refractivity contribution in [2.24, 2.45) is 5.92 Å². The summed E-state index contributed by atoms with van der Waals surface area (Å²) < 4.78 is 34.9. The number of ether oxygens (including phenoxy) is 1. The van der Waals surface area contributed by atoms with Crippen molar-refractivity contribution >= 4 is 11.8 Å². The zero-order chi connectivity index (χ0) is 21.1. The molecule has 3 aliphatic rings. The summed E-state index contributed by atoms with van der Waals surface area (Å²) in [5.41, 5.74) is 0.181. The monoisotopic (exact) mass is 425 g/mol.